The second-order valence-electron chi connectivity index (χ2n) is 7.27. The molecular weight excluding hydrogens is 443 g/mol. The maximum atomic E-state index is 12.3. The lowest BCUT2D eigenvalue weighted by Crippen LogP contribution is -2.39. The van der Waals surface area contributed by atoms with E-state index in [0.717, 1.165) is 18.5 Å². The maximum Gasteiger partial charge on any atom is 0.573 e. The van der Waals surface area contributed by atoms with Gasteiger partial charge in [-0.2, -0.15) is 0 Å². The summed E-state index contributed by atoms with van der Waals surface area (Å²) in [5.74, 6) is -0.567. The van der Waals surface area contributed by atoms with Crippen LogP contribution in [-0.2, 0) is 16.1 Å². The monoisotopic (exact) mass is 467 g/mol. The van der Waals surface area contributed by atoms with Gasteiger partial charge in [0.1, 0.15) is 12.4 Å². The van der Waals surface area contributed by atoms with Crippen molar-refractivity contribution in [3.63, 3.8) is 0 Å². The van der Waals surface area contributed by atoms with Gasteiger partial charge in [0.05, 0.1) is 6.54 Å². The van der Waals surface area contributed by atoms with Crippen LogP contribution in [0.5, 0.6) is 5.75 Å². The van der Waals surface area contributed by atoms with Crippen LogP contribution in [0.15, 0.2) is 54.6 Å². The van der Waals surface area contributed by atoms with Crippen molar-refractivity contribution in [3.05, 3.63) is 60.2 Å². The minimum absolute atomic E-state index is 0.210. The number of anilines is 1. The Labute approximate surface area is 189 Å². The van der Waals surface area contributed by atoms with E-state index in [0.29, 0.717) is 30.4 Å². The topological polar surface area (TPSA) is 54.0 Å². The molecule has 32 heavy (non-hydrogen) atoms. The van der Waals surface area contributed by atoms with Crippen molar-refractivity contribution >= 4 is 29.0 Å². The van der Waals surface area contributed by atoms with E-state index in [9.17, 15) is 18.0 Å². The van der Waals surface area contributed by atoms with Crippen molar-refractivity contribution in [2.75, 3.05) is 38.0 Å². The normalized spacial score (nSPS) is 15.0. The quantitative estimate of drug-likeness (QED) is 0.509. The molecule has 0 spiro atoms. The number of hydrogen-bond donors (Lipinski definition) is 1. The van der Waals surface area contributed by atoms with Crippen LogP contribution in [0.2, 0.25) is 0 Å². The molecule has 1 saturated heterocycles. The summed E-state index contributed by atoms with van der Waals surface area (Å²) in [6, 6.07) is 14.9. The van der Waals surface area contributed by atoms with E-state index in [2.05, 4.69) is 10.1 Å². The molecule has 1 N–H and O–H groups in total. The predicted octanol–water partition coefficient (Wildman–Crippen LogP) is 4.03. The molecule has 6 nitrogen and oxygen atoms in total. The highest BCUT2D eigenvalue weighted by molar-refractivity contribution is 7.80. The molecule has 1 heterocycles. The number of hydrogen-bond acceptors (Lipinski definition) is 5. The minimum atomic E-state index is -4.73. The van der Waals surface area contributed by atoms with E-state index < -0.39 is 6.36 Å². The zero-order chi connectivity index (χ0) is 23.0. The molecule has 0 saturated carbocycles. The summed E-state index contributed by atoms with van der Waals surface area (Å²) in [6.45, 7) is 3.16. The Morgan fingerprint density at radius 3 is 2.41 bits per heavy atom. The van der Waals surface area contributed by atoms with Gasteiger partial charge < -0.3 is 19.7 Å². The number of alkyl halides is 3. The van der Waals surface area contributed by atoms with Gasteiger partial charge >= 0.3 is 12.3 Å². The van der Waals surface area contributed by atoms with E-state index in [-0.39, 0.29) is 24.9 Å². The highest BCUT2D eigenvalue weighted by Crippen LogP contribution is 2.24. The first-order valence-electron chi connectivity index (χ1n) is 10.1. The SMILES string of the molecule is O=C(CN1CCCN(C(=S)Nc2ccc(OC(F)(F)F)cc2)CC1)OCc1ccccc1. The third-order valence-electron chi connectivity index (χ3n) is 4.81. The number of ether oxygens (including phenoxy) is 2. The smallest absolute Gasteiger partial charge is 0.460 e. The van der Waals surface area contributed by atoms with Gasteiger partial charge in [0.2, 0.25) is 0 Å². The molecule has 0 aliphatic carbocycles. The summed E-state index contributed by atoms with van der Waals surface area (Å²) in [4.78, 5) is 16.2. The fourth-order valence-corrected chi connectivity index (χ4v) is 3.54. The molecule has 0 bridgehead atoms. The van der Waals surface area contributed by atoms with Crippen molar-refractivity contribution in [1.82, 2.24) is 9.80 Å². The Balaban J connectivity index is 1.43. The molecule has 2 aromatic rings. The molecule has 0 radical (unpaired) electrons. The number of halogens is 3. The number of carbonyl (C=O) groups is 1. The van der Waals surface area contributed by atoms with E-state index >= 15 is 0 Å². The Morgan fingerprint density at radius 1 is 1.00 bits per heavy atom. The lowest BCUT2D eigenvalue weighted by atomic mass is 10.2. The second kappa shape index (κ2) is 11.1. The van der Waals surface area contributed by atoms with Crippen molar-refractivity contribution < 1.29 is 27.4 Å². The molecule has 0 amide bonds. The highest BCUT2D eigenvalue weighted by Gasteiger charge is 2.31. The van der Waals surface area contributed by atoms with Gasteiger partial charge in [-0.05, 0) is 48.5 Å². The van der Waals surface area contributed by atoms with Crippen LogP contribution in [0.25, 0.3) is 0 Å². The van der Waals surface area contributed by atoms with Gasteiger partial charge in [-0.1, -0.05) is 30.3 Å². The lowest BCUT2D eigenvalue weighted by molar-refractivity contribution is -0.274. The zero-order valence-electron chi connectivity index (χ0n) is 17.3. The third-order valence-corrected chi connectivity index (χ3v) is 5.17. The Bertz CT molecular complexity index is 895. The third kappa shape index (κ3) is 8.01. The molecule has 10 heteroatoms. The molecule has 3 rings (SSSR count). The second-order valence-corrected chi connectivity index (χ2v) is 7.65. The number of esters is 1. The molecule has 0 aromatic heterocycles. The van der Waals surface area contributed by atoms with Crippen LogP contribution in [-0.4, -0.2) is 60.0 Å². The molecule has 1 aliphatic rings. The molecule has 0 unspecified atom stereocenters. The molecule has 1 fully saturated rings. The van der Waals surface area contributed by atoms with Gasteiger partial charge in [0, 0.05) is 31.9 Å². The van der Waals surface area contributed by atoms with Crippen molar-refractivity contribution in [1.29, 1.82) is 0 Å². The van der Waals surface area contributed by atoms with Crippen molar-refractivity contribution in [2.24, 2.45) is 0 Å². The summed E-state index contributed by atoms with van der Waals surface area (Å²) in [7, 11) is 0. The van der Waals surface area contributed by atoms with Gasteiger partial charge in [-0.15, -0.1) is 13.2 Å². The number of thiocarbonyl (C=S) groups is 1. The van der Waals surface area contributed by atoms with Crippen LogP contribution in [0.3, 0.4) is 0 Å². The number of rotatable bonds is 6. The average Bonchev–Trinajstić information content (AvgIpc) is 2.99. The van der Waals surface area contributed by atoms with E-state index in [1.807, 2.05) is 40.1 Å². The molecule has 1 aliphatic heterocycles. The summed E-state index contributed by atoms with van der Waals surface area (Å²) in [5, 5.41) is 3.51. The highest BCUT2D eigenvalue weighted by atomic mass is 32.1. The Morgan fingerprint density at radius 2 is 1.72 bits per heavy atom. The number of carbonyl (C=O) groups excluding carboxylic acids is 1. The van der Waals surface area contributed by atoms with Gasteiger partial charge in [-0.3, -0.25) is 9.69 Å². The van der Waals surface area contributed by atoms with E-state index in [4.69, 9.17) is 17.0 Å². The van der Waals surface area contributed by atoms with Crippen LogP contribution in [0, 0.1) is 0 Å². The standard InChI is InChI=1S/C22H24F3N3O3S/c23-22(24,25)31-19-9-7-18(8-10-19)26-21(32)28-12-4-11-27(13-14-28)15-20(29)30-16-17-5-2-1-3-6-17/h1-3,5-10H,4,11-16H2,(H,26,32). The fraction of sp³-hybridized carbons (Fsp3) is 0.364. The first-order valence-corrected chi connectivity index (χ1v) is 10.5. The Kier molecular flexibility index (Phi) is 8.29. The Hall–Kier alpha value is -2.85. The van der Waals surface area contributed by atoms with Crippen LogP contribution >= 0.6 is 12.2 Å². The molecular formula is C22H24F3N3O3S. The molecule has 0 atom stereocenters. The summed E-state index contributed by atoms with van der Waals surface area (Å²) in [5.41, 5.74) is 1.51. The predicted molar refractivity (Wildman–Crippen MR) is 118 cm³/mol. The lowest BCUT2D eigenvalue weighted by Gasteiger charge is -2.24. The first kappa shape index (κ1) is 23.8. The number of nitrogens with one attached hydrogen (secondary N) is 1. The summed E-state index contributed by atoms with van der Waals surface area (Å²) in [6.07, 6.45) is -3.91. The minimum Gasteiger partial charge on any atom is -0.460 e. The van der Waals surface area contributed by atoms with E-state index in [1.54, 1.807) is 0 Å². The van der Waals surface area contributed by atoms with Crippen LogP contribution in [0.4, 0.5) is 18.9 Å². The van der Waals surface area contributed by atoms with Crippen molar-refractivity contribution in [2.45, 2.75) is 19.4 Å². The van der Waals surface area contributed by atoms with Gasteiger partial charge in [0.25, 0.3) is 0 Å². The largest absolute Gasteiger partial charge is 0.573 e. The maximum absolute atomic E-state index is 12.3. The van der Waals surface area contributed by atoms with Gasteiger partial charge in [-0.25, -0.2) is 0 Å². The summed E-state index contributed by atoms with van der Waals surface area (Å²) >= 11 is 5.45. The summed E-state index contributed by atoms with van der Waals surface area (Å²) < 4.78 is 46.0. The zero-order valence-corrected chi connectivity index (χ0v) is 18.1. The average molecular weight is 468 g/mol. The van der Waals surface area contributed by atoms with Gasteiger partial charge in [0.15, 0.2) is 5.11 Å². The molecule has 2 aromatic carbocycles. The number of nitrogens with zero attached hydrogens (tertiary/aromatic N) is 2. The van der Waals surface area contributed by atoms with Crippen LogP contribution in [0.1, 0.15) is 12.0 Å². The number of benzene rings is 2. The van der Waals surface area contributed by atoms with E-state index in [1.165, 1.54) is 24.3 Å². The fourth-order valence-electron chi connectivity index (χ4n) is 3.24. The van der Waals surface area contributed by atoms with Crippen LogP contribution < -0.4 is 10.1 Å². The molecule has 172 valence electrons. The first-order chi connectivity index (χ1) is 15.3. The van der Waals surface area contributed by atoms with Crippen molar-refractivity contribution in [3.8, 4) is 5.75 Å².